The molecule has 2 aromatic carbocycles. The number of rotatable bonds is 7. The van der Waals surface area contributed by atoms with Crippen LogP contribution >= 0.6 is 11.6 Å². The van der Waals surface area contributed by atoms with Gasteiger partial charge in [0.15, 0.2) is 0 Å². The van der Waals surface area contributed by atoms with Gasteiger partial charge in [0.05, 0.1) is 19.3 Å². The van der Waals surface area contributed by atoms with Gasteiger partial charge in [-0.15, -0.1) is 0 Å². The molecule has 3 rings (SSSR count). The van der Waals surface area contributed by atoms with Crippen LogP contribution in [0.25, 0.3) is 5.69 Å². The lowest BCUT2D eigenvalue weighted by Crippen LogP contribution is -2.47. The molecule has 0 unspecified atom stereocenters. The second kappa shape index (κ2) is 9.82. The van der Waals surface area contributed by atoms with Gasteiger partial charge in [0.2, 0.25) is 5.69 Å². The molecular weight excluding hydrogens is 432 g/mol. The number of ether oxygens (including phenoxy) is 1. The van der Waals surface area contributed by atoms with Crippen molar-refractivity contribution in [3.63, 3.8) is 0 Å². The SMILES string of the molecule is CC[C@@H](C)NC(=O)c1nn(-c2ccc(C)c(Cl)c2)c(=O)n(Cc2cccc(OC)c2)c1=O. The molecule has 0 bridgehead atoms. The zero-order chi connectivity index (χ0) is 23.4. The van der Waals surface area contributed by atoms with E-state index in [0.29, 0.717) is 28.4 Å². The summed E-state index contributed by atoms with van der Waals surface area (Å²) in [5.74, 6) is -0.0549. The first-order valence-corrected chi connectivity index (χ1v) is 10.6. The molecule has 168 valence electrons. The first-order valence-electron chi connectivity index (χ1n) is 10.2. The maximum absolute atomic E-state index is 13.3. The van der Waals surface area contributed by atoms with Crippen molar-refractivity contribution in [2.75, 3.05) is 7.11 Å². The third kappa shape index (κ3) is 4.91. The average molecular weight is 457 g/mol. The summed E-state index contributed by atoms with van der Waals surface area (Å²) in [7, 11) is 1.53. The number of nitrogens with one attached hydrogen (secondary N) is 1. The van der Waals surface area contributed by atoms with Gasteiger partial charge < -0.3 is 10.1 Å². The van der Waals surface area contributed by atoms with Crippen molar-refractivity contribution >= 4 is 17.5 Å². The quantitative estimate of drug-likeness (QED) is 0.589. The normalized spacial score (nSPS) is 11.8. The lowest BCUT2D eigenvalue weighted by Gasteiger charge is -2.15. The Morgan fingerprint density at radius 1 is 1.22 bits per heavy atom. The van der Waals surface area contributed by atoms with Gasteiger partial charge >= 0.3 is 5.69 Å². The molecule has 0 aliphatic heterocycles. The van der Waals surface area contributed by atoms with E-state index >= 15 is 0 Å². The predicted molar refractivity (Wildman–Crippen MR) is 123 cm³/mol. The minimum atomic E-state index is -0.770. The Hall–Kier alpha value is -3.39. The van der Waals surface area contributed by atoms with Crippen molar-refractivity contribution in [3.05, 3.63) is 85.1 Å². The number of carbonyl (C=O) groups is 1. The van der Waals surface area contributed by atoms with E-state index in [2.05, 4.69) is 10.4 Å². The summed E-state index contributed by atoms with van der Waals surface area (Å²) in [5.41, 5.74) is 0.0115. The Bertz CT molecular complexity index is 1270. The number of methoxy groups -OCH3 is 1. The van der Waals surface area contributed by atoms with E-state index in [1.807, 2.05) is 20.8 Å². The number of halogens is 1. The van der Waals surface area contributed by atoms with E-state index in [0.717, 1.165) is 14.8 Å². The highest BCUT2D eigenvalue weighted by atomic mass is 35.5. The lowest BCUT2D eigenvalue weighted by molar-refractivity contribution is 0.0929. The molecule has 1 N–H and O–H groups in total. The van der Waals surface area contributed by atoms with Crippen molar-refractivity contribution in [1.29, 1.82) is 0 Å². The van der Waals surface area contributed by atoms with E-state index < -0.39 is 17.2 Å². The second-order valence-corrected chi connectivity index (χ2v) is 7.91. The Balaban J connectivity index is 2.20. The van der Waals surface area contributed by atoms with Gasteiger partial charge in [-0.2, -0.15) is 9.78 Å². The minimum absolute atomic E-state index is 0.0550. The predicted octanol–water partition coefficient (Wildman–Crippen LogP) is 2.94. The van der Waals surface area contributed by atoms with Crippen LogP contribution in [0.5, 0.6) is 5.75 Å². The molecule has 8 nitrogen and oxygen atoms in total. The highest BCUT2D eigenvalue weighted by Crippen LogP contribution is 2.18. The van der Waals surface area contributed by atoms with Gasteiger partial charge in [0, 0.05) is 11.1 Å². The molecule has 0 spiro atoms. The summed E-state index contributed by atoms with van der Waals surface area (Å²) >= 11 is 6.24. The summed E-state index contributed by atoms with van der Waals surface area (Å²) in [6, 6.07) is 11.8. The molecule has 0 saturated carbocycles. The first-order chi connectivity index (χ1) is 15.2. The number of hydrogen-bond acceptors (Lipinski definition) is 5. The number of aryl methyl sites for hydroxylation is 1. The number of hydrogen-bond donors (Lipinski definition) is 1. The summed E-state index contributed by atoms with van der Waals surface area (Å²) in [5, 5.41) is 7.29. The maximum Gasteiger partial charge on any atom is 0.352 e. The van der Waals surface area contributed by atoms with Crippen LogP contribution < -0.4 is 21.3 Å². The van der Waals surface area contributed by atoms with Crippen LogP contribution in [0.4, 0.5) is 0 Å². The summed E-state index contributed by atoms with van der Waals surface area (Å²) in [4.78, 5) is 39.2. The molecule has 3 aromatic rings. The molecule has 0 aliphatic carbocycles. The van der Waals surface area contributed by atoms with Crippen molar-refractivity contribution in [1.82, 2.24) is 19.7 Å². The van der Waals surface area contributed by atoms with Crippen LogP contribution in [0, 0.1) is 6.92 Å². The van der Waals surface area contributed by atoms with E-state index in [1.165, 1.54) is 7.11 Å². The third-order valence-electron chi connectivity index (χ3n) is 5.14. The van der Waals surface area contributed by atoms with E-state index in [4.69, 9.17) is 16.3 Å². The largest absolute Gasteiger partial charge is 0.497 e. The standard InChI is InChI=1S/C23H25ClN4O4/c1-5-15(3)25-21(29)20-22(30)27(13-16-7-6-8-18(11-16)32-4)23(31)28(26-20)17-10-9-14(2)19(24)12-17/h6-12,15H,5,13H2,1-4H3,(H,25,29)/t15-/m1/s1. The molecular formula is C23H25ClN4O4. The van der Waals surface area contributed by atoms with Crippen molar-refractivity contribution in [2.24, 2.45) is 0 Å². The van der Waals surface area contributed by atoms with Crippen LogP contribution in [0.15, 0.2) is 52.1 Å². The lowest BCUT2D eigenvalue weighted by atomic mass is 10.2. The Kier molecular flexibility index (Phi) is 7.15. The van der Waals surface area contributed by atoms with Crippen LogP contribution in [0.1, 0.15) is 41.9 Å². The summed E-state index contributed by atoms with van der Waals surface area (Å²) in [6.07, 6.45) is 0.678. The highest BCUT2D eigenvalue weighted by molar-refractivity contribution is 6.31. The fraction of sp³-hybridized carbons (Fsp3) is 0.304. The van der Waals surface area contributed by atoms with Crippen LogP contribution in [-0.2, 0) is 6.54 Å². The number of amides is 1. The zero-order valence-corrected chi connectivity index (χ0v) is 19.1. The Labute approximate surface area is 190 Å². The van der Waals surface area contributed by atoms with E-state index in [-0.39, 0.29) is 18.3 Å². The fourth-order valence-electron chi connectivity index (χ4n) is 3.03. The fourth-order valence-corrected chi connectivity index (χ4v) is 3.20. The van der Waals surface area contributed by atoms with Gasteiger partial charge in [0.25, 0.3) is 11.5 Å². The monoisotopic (exact) mass is 456 g/mol. The summed E-state index contributed by atoms with van der Waals surface area (Å²) in [6.45, 7) is 5.51. The van der Waals surface area contributed by atoms with Crippen LogP contribution in [-0.4, -0.2) is 33.4 Å². The number of nitrogens with zero attached hydrogens (tertiary/aromatic N) is 3. The smallest absolute Gasteiger partial charge is 0.352 e. The van der Waals surface area contributed by atoms with Gasteiger partial charge in [-0.05, 0) is 55.7 Å². The first kappa shape index (κ1) is 23.3. The van der Waals surface area contributed by atoms with Crippen molar-refractivity contribution < 1.29 is 9.53 Å². The van der Waals surface area contributed by atoms with Crippen molar-refractivity contribution in [2.45, 2.75) is 39.8 Å². The Morgan fingerprint density at radius 3 is 2.62 bits per heavy atom. The van der Waals surface area contributed by atoms with Gasteiger partial charge in [0.1, 0.15) is 5.75 Å². The zero-order valence-electron chi connectivity index (χ0n) is 18.4. The molecule has 0 saturated heterocycles. The van der Waals surface area contributed by atoms with Crippen LogP contribution in [0.2, 0.25) is 5.02 Å². The average Bonchev–Trinajstić information content (AvgIpc) is 2.78. The number of benzene rings is 2. The molecule has 1 aromatic heterocycles. The molecule has 1 amide bonds. The molecule has 1 atom stereocenters. The van der Waals surface area contributed by atoms with Gasteiger partial charge in [-0.3, -0.25) is 14.2 Å². The van der Waals surface area contributed by atoms with Crippen LogP contribution in [0.3, 0.4) is 0 Å². The molecule has 32 heavy (non-hydrogen) atoms. The van der Waals surface area contributed by atoms with Gasteiger partial charge in [-0.25, -0.2) is 4.79 Å². The van der Waals surface area contributed by atoms with E-state index in [9.17, 15) is 14.4 Å². The van der Waals surface area contributed by atoms with E-state index in [1.54, 1.807) is 42.5 Å². The highest BCUT2D eigenvalue weighted by Gasteiger charge is 2.21. The topological polar surface area (TPSA) is 95.2 Å². The molecule has 0 aliphatic rings. The molecule has 1 heterocycles. The summed E-state index contributed by atoms with van der Waals surface area (Å²) < 4.78 is 7.24. The molecule has 0 radical (unpaired) electrons. The number of aromatic nitrogens is 3. The van der Waals surface area contributed by atoms with Crippen molar-refractivity contribution in [3.8, 4) is 11.4 Å². The maximum atomic E-state index is 13.3. The molecule has 0 fully saturated rings. The van der Waals surface area contributed by atoms with Gasteiger partial charge in [-0.1, -0.05) is 36.7 Å². The minimum Gasteiger partial charge on any atom is -0.497 e. The second-order valence-electron chi connectivity index (χ2n) is 7.50. The molecule has 9 heteroatoms. The third-order valence-corrected chi connectivity index (χ3v) is 5.55. The number of carbonyl (C=O) groups excluding carboxylic acids is 1. The Morgan fingerprint density at radius 2 is 1.97 bits per heavy atom.